The monoisotopic (exact) mass is 354 g/mol. The zero-order valence-electron chi connectivity index (χ0n) is 13.2. The molecular formula is C15H19ClN4O2S. The molecule has 6 nitrogen and oxygen atoms in total. The van der Waals surface area contributed by atoms with Gasteiger partial charge in [-0.05, 0) is 31.5 Å². The second-order valence-corrected chi connectivity index (χ2v) is 6.48. The molecule has 0 aliphatic carbocycles. The van der Waals surface area contributed by atoms with E-state index in [1.165, 1.54) is 11.8 Å². The molecule has 2 aromatic rings. The fourth-order valence-corrected chi connectivity index (χ4v) is 2.88. The maximum absolute atomic E-state index is 11.9. The van der Waals surface area contributed by atoms with Crippen LogP contribution in [0.15, 0.2) is 29.7 Å². The molecule has 0 aliphatic heterocycles. The Hall–Kier alpha value is -1.57. The number of aromatic nitrogens is 3. The van der Waals surface area contributed by atoms with Crippen LogP contribution in [0.5, 0.6) is 0 Å². The van der Waals surface area contributed by atoms with Gasteiger partial charge in [-0.1, -0.05) is 29.4 Å². The van der Waals surface area contributed by atoms with E-state index in [1.807, 2.05) is 36.6 Å². The Kier molecular flexibility index (Phi) is 6.44. The molecule has 8 heteroatoms. The first-order valence-corrected chi connectivity index (χ1v) is 8.45. The summed E-state index contributed by atoms with van der Waals surface area (Å²) in [5.74, 6) is 0.183. The van der Waals surface area contributed by atoms with Gasteiger partial charge in [-0.15, -0.1) is 10.2 Å². The van der Waals surface area contributed by atoms with E-state index >= 15 is 0 Å². The minimum Gasteiger partial charge on any atom is -0.383 e. The molecule has 0 aliphatic rings. The van der Waals surface area contributed by atoms with Crippen LogP contribution in [0.25, 0.3) is 5.69 Å². The number of hydrogen-bond donors (Lipinski definition) is 1. The van der Waals surface area contributed by atoms with E-state index < -0.39 is 0 Å². The van der Waals surface area contributed by atoms with Gasteiger partial charge in [0.15, 0.2) is 5.16 Å². The van der Waals surface area contributed by atoms with Crippen molar-refractivity contribution in [2.75, 3.05) is 19.5 Å². The average Bonchev–Trinajstić information content (AvgIpc) is 2.96. The maximum Gasteiger partial charge on any atom is 0.230 e. The summed E-state index contributed by atoms with van der Waals surface area (Å²) in [4.78, 5) is 11.9. The number of carbonyl (C=O) groups excluding carboxylic acids is 1. The Morgan fingerprint density at radius 3 is 3.00 bits per heavy atom. The fraction of sp³-hybridized carbons (Fsp3) is 0.400. The minimum absolute atomic E-state index is 0.0260. The maximum atomic E-state index is 11.9. The number of rotatable bonds is 7. The lowest BCUT2D eigenvalue weighted by atomic mass is 10.2. The Morgan fingerprint density at radius 1 is 1.52 bits per heavy atom. The Morgan fingerprint density at radius 2 is 2.30 bits per heavy atom. The number of ether oxygens (including phenoxy) is 1. The molecule has 1 amide bonds. The second-order valence-electron chi connectivity index (χ2n) is 5.13. The van der Waals surface area contributed by atoms with Gasteiger partial charge in [-0.25, -0.2) is 0 Å². The molecule has 0 saturated heterocycles. The summed E-state index contributed by atoms with van der Waals surface area (Å²) in [6.45, 7) is 4.32. The number of thioether (sulfide) groups is 1. The van der Waals surface area contributed by atoms with Gasteiger partial charge in [0.1, 0.15) is 6.33 Å². The Labute approximate surface area is 144 Å². The highest BCUT2D eigenvalue weighted by Gasteiger charge is 2.12. The summed E-state index contributed by atoms with van der Waals surface area (Å²) < 4.78 is 6.80. The van der Waals surface area contributed by atoms with Crippen LogP contribution in [-0.2, 0) is 9.53 Å². The SMILES string of the molecule is COCC(C)NC(=O)CSc1nncn1-c1ccc(C)c(Cl)c1. The number of aryl methyl sites for hydroxylation is 1. The van der Waals surface area contributed by atoms with E-state index in [0.717, 1.165) is 11.3 Å². The third-order valence-corrected chi connectivity index (χ3v) is 4.46. The van der Waals surface area contributed by atoms with Gasteiger partial charge in [0, 0.05) is 18.2 Å². The number of amides is 1. The minimum atomic E-state index is -0.0731. The highest BCUT2D eigenvalue weighted by molar-refractivity contribution is 7.99. The molecule has 1 heterocycles. The average molecular weight is 355 g/mol. The molecule has 0 saturated carbocycles. The van der Waals surface area contributed by atoms with Crippen LogP contribution >= 0.6 is 23.4 Å². The number of carbonyl (C=O) groups is 1. The van der Waals surface area contributed by atoms with Crippen LogP contribution < -0.4 is 5.32 Å². The summed E-state index contributed by atoms with van der Waals surface area (Å²) in [6.07, 6.45) is 1.61. The standard InChI is InChI=1S/C15H19ClN4O2S/c1-10-4-5-12(6-13(10)16)20-9-17-19-15(20)23-8-14(21)18-11(2)7-22-3/h4-6,9,11H,7-8H2,1-3H3,(H,18,21). The number of benzene rings is 1. The molecule has 0 radical (unpaired) electrons. The first-order chi connectivity index (χ1) is 11.0. The summed E-state index contributed by atoms with van der Waals surface area (Å²) in [6, 6.07) is 5.70. The van der Waals surface area contributed by atoms with Crippen molar-refractivity contribution in [2.24, 2.45) is 0 Å². The van der Waals surface area contributed by atoms with Gasteiger partial charge in [0.2, 0.25) is 5.91 Å². The predicted molar refractivity (Wildman–Crippen MR) is 91.3 cm³/mol. The molecule has 2 rings (SSSR count). The van der Waals surface area contributed by atoms with Crippen LogP contribution in [-0.4, -0.2) is 46.2 Å². The molecule has 1 aromatic heterocycles. The zero-order chi connectivity index (χ0) is 16.8. The van der Waals surface area contributed by atoms with Crippen molar-refractivity contribution in [3.8, 4) is 5.69 Å². The van der Waals surface area contributed by atoms with Crippen molar-refractivity contribution in [2.45, 2.75) is 25.0 Å². The number of nitrogens with zero attached hydrogens (tertiary/aromatic N) is 3. The van der Waals surface area contributed by atoms with Crippen molar-refractivity contribution in [3.63, 3.8) is 0 Å². The van der Waals surface area contributed by atoms with E-state index in [0.29, 0.717) is 16.8 Å². The first-order valence-electron chi connectivity index (χ1n) is 7.09. The normalized spacial score (nSPS) is 12.2. The van der Waals surface area contributed by atoms with Crippen molar-refractivity contribution in [1.82, 2.24) is 20.1 Å². The number of halogens is 1. The van der Waals surface area contributed by atoms with E-state index in [4.69, 9.17) is 16.3 Å². The van der Waals surface area contributed by atoms with Gasteiger partial charge in [0.05, 0.1) is 18.0 Å². The van der Waals surface area contributed by atoms with Crippen LogP contribution in [0.2, 0.25) is 5.02 Å². The number of methoxy groups -OCH3 is 1. The highest BCUT2D eigenvalue weighted by Crippen LogP contribution is 2.23. The second kappa shape index (κ2) is 8.33. The highest BCUT2D eigenvalue weighted by atomic mass is 35.5. The molecule has 124 valence electrons. The number of hydrogen-bond acceptors (Lipinski definition) is 5. The molecule has 1 aromatic carbocycles. The van der Waals surface area contributed by atoms with E-state index in [2.05, 4.69) is 15.5 Å². The van der Waals surface area contributed by atoms with Gasteiger partial charge < -0.3 is 10.1 Å². The van der Waals surface area contributed by atoms with Crippen LogP contribution in [0.1, 0.15) is 12.5 Å². The van der Waals surface area contributed by atoms with Gasteiger partial charge in [-0.2, -0.15) is 0 Å². The molecule has 1 atom stereocenters. The molecule has 0 bridgehead atoms. The smallest absolute Gasteiger partial charge is 0.230 e. The first kappa shape index (κ1) is 17.8. The Balaban J connectivity index is 2.01. The molecule has 23 heavy (non-hydrogen) atoms. The molecule has 1 N–H and O–H groups in total. The molecule has 0 spiro atoms. The fourth-order valence-electron chi connectivity index (χ4n) is 1.97. The van der Waals surface area contributed by atoms with Crippen LogP contribution in [0.3, 0.4) is 0 Å². The van der Waals surface area contributed by atoms with Gasteiger partial charge in [0.25, 0.3) is 0 Å². The van der Waals surface area contributed by atoms with Crippen molar-refractivity contribution < 1.29 is 9.53 Å². The molecular weight excluding hydrogens is 336 g/mol. The van der Waals surface area contributed by atoms with Gasteiger partial charge >= 0.3 is 0 Å². The van der Waals surface area contributed by atoms with Crippen molar-refractivity contribution in [3.05, 3.63) is 35.1 Å². The quantitative estimate of drug-likeness (QED) is 0.773. The third-order valence-electron chi connectivity index (χ3n) is 3.11. The summed E-state index contributed by atoms with van der Waals surface area (Å²) in [5.41, 5.74) is 1.87. The molecule has 0 fully saturated rings. The van der Waals surface area contributed by atoms with Crippen LogP contribution in [0.4, 0.5) is 0 Å². The molecule has 1 unspecified atom stereocenters. The lowest BCUT2D eigenvalue weighted by molar-refractivity contribution is -0.119. The van der Waals surface area contributed by atoms with Gasteiger partial charge in [-0.3, -0.25) is 9.36 Å². The van der Waals surface area contributed by atoms with E-state index in [9.17, 15) is 4.79 Å². The lowest BCUT2D eigenvalue weighted by Crippen LogP contribution is -2.36. The summed E-state index contributed by atoms with van der Waals surface area (Å²) in [7, 11) is 1.60. The largest absolute Gasteiger partial charge is 0.383 e. The summed E-state index contributed by atoms with van der Waals surface area (Å²) in [5, 5.41) is 12.1. The topological polar surface area (TPSA) is 69.0 Å². The van der Waals surface area contributed by atoms with E-state index in [1.54, 1.807) is 13.4 Å². The predicted octanol–water partition coefficient (Wildman–Crippen LogP) is 2.47. The lowest BCUT2D eigenvalue weighted by Gasteiger charge is -2.12. The van der Waals surface area contributed by atoms with Crippen molar-refractivity contribution in [1.29, 1.82) is 0 Å². The zero-order valence-corrected chi connectivity index (χ0v) is 14.8. The number of nitrogens with one attached hydrogen (secondary N) is 1. The third kappa shape index (κ3) is 4.95. The van der Waals surface area contributed by atoms with E-state index in [-0.39, 0.29) is 17.7 Å². The van der Waals surface area contributed by atoms with Crippen molar-refractivity contribution >= 4 is 29.3 Å². The summed E-state index contributed by atoms with van der Waals surface area (Å²) >= 11 is 7.48. The Bertz CT molecular complexity index is 677. The van der Waals surface area contributed by atoms with Crippen LogP contribution in [0, 0.1) is 6.92 Å².